The van der Waals surface area contributed by atoms with Crippen molar-refractivity contribution in [1.82, 2.24) is 5.32 Å². The van der Waals surface area contributed by atoms with Crippen LogP contribution in [-0.4, -0.2) is 22.9 Å². The van der Waals surface area contributed by atoms with Gasteiger partial charge in [0, 0.05) is 15.7 Å². The van der Waals surface area contributed by atoms with Crippen LogP contribution in [0.2, 0.25) is 0 Å². The van der Waals surface area contributed by atoms with Crippen LogP contribution in [0.3, 0.4) is 0 Å². The van der Waals surface area contributed by atoms with Gasteiger partial charge in [0.2, 0.25) is 0 Å². The van der Waals surface area contributed by atoms with E-state index < -0.39 is 17.8 Å². The molecule has 0 radical (unpaired) electrons. The smallest absolute Gasteiger partial charge is 0.335 e. The van der Waals surface area contributed by atoms with Gasteiger partial charge in [0.15, 0.2) is 0 Å². The standard InChI is InChI=1S/C23H17BrN2O4/c24-18-11-9-16(10-12-18)21(27)26-20(13-15-5-2-1-3-6-15)22(28)25-19-8-4-7-17(14-19)23(29)30/h1-14H,(H,25,28)(H,26,27)(H,29,30)/b20-13-. The molecule has 0 spiro atoms. The maximum absolute atomic E-state index is 12.9. The fourth-order valence-corrected chi connectivity index (χ4v) is 2.86. The van der Waals surface area contributed by atoms with E-state index in [9.17, 15) is 14.4 Å². The van der Waals surface area contributed by atoms with Gasteiger partial charge in [0.25, 0.3) is 11.8 Å². The first-order valence-electron chi connectivity index (χ1n) is 8.91. The lowest BCUT2D eigenvalue weighted by Crippen LogP contribution is -2.30. The molecule has 0 saturated heterocycles. The molecule has 0 aliphatic carbocycles. The lowest BCUT2D eigenvalue weighted by Gasteiger charge is -2.12. The van der Waals surface area contributed by atoms with Gasteiger partial charge in [0.1, 0.15) is 5.70 Å². The summed E-state index contributed by atoms with van der Waals surface area (Å²) in [5.41, 5.74) is 1.47. The molecule has 0 heterocycles. The number of anilines is 1. The van der Waals surface area contributed by atoms with E-state index in [-0.39, 0.29) is 11.3 Å². The van der Waals surface area contributed by atoms with Crippen LogP contribution in [0.25, 0.3) is 6.08 Å². The summed E-state index contributed by atoms with van der Waals surface area (Å²) in [7, 11) is 0. The van der Waals surface area contributed by atoms with Gasteiger partial charge in [0.05, 0.1) is 5.56 Å². The van der Waals surface area contributed by atoms with E-state index in [4.69, 9.17) is 5.11 Å². The van der Waals surface area contributed by atoms with E-state index in [0.29, 0.717) is 11.3 Å². The zero-order chi connectivity index (χ0) is 21.5. The van der Waals surface area contributed by atoms with Crippen molar-refractivity contribution in [3.05, 3.63) is 106 Å². The van der Waals surface area contributed by atoms with Gasteiger partial charge in [-0.25, -0.2) is 4.79 Å². The minimum Gasteiger partial charge on any atom is -0.478 e. The Morgan fingerprint density at radius 1 is 0.833 bits per heavy atom. The maximum atomic E-state index is 12.9. The molecule has 0 aromatic heterocycles. The second-order valence-electron chi connectivity index (χ2n) is 6.27. The Kier molecular flexibility index (Phi) is 6.77. The van der Waals surface area contributed by atoms with Gasteiger partial charge in [-0.2, -0.15) is 0 Å². The van der Waals surface area contributed by atoms with E-state index in [1.54, 1.807) is 48.5 Å². The molecule has 30 heavy (non-hydrogen) atoms. The number of hydrogen-bond donors (Lipinski definition) is 3. The average Bonchev–Trinajstić information content (AvgIpc) is 2.74. The molecule has 0 bridgehead atoms. The number of carbonyl (C=O) groups excluding carboxylic acids is 2. The molecule has 0 unspecified atom stereocenters. The van der Waals surface area contributed by atoms with Gasteiger partial charge >= 0.3 is 5.97 Å². The number of carbonyl (C=O) groups is 3. The van der Waals surface area contributed by atoms with Crippen LogP contribution >= 0.6 is 15.9 Å². The molecule has 3 rings (SSSR count). The molecule has 0 fully saturated rings. The highest BCUT2D eigenvalue weighted by Gasteiger charge is 2.16. The van der Waals surface area contributed by atoms with Crippen molar-refractivity contribution in [2.75, 3.05) is 5.32 Å². The average molecular weight is 465 g/mol. The predicted octanol–water partition coefficient (Wildman–Crippen LogP) is 4.56. The van der Waals surface area contributed by atoms with Crippen molar-refractivity contribution < 1.29 is 19.5 Å². The molecule has 6 nitrogen and oxygen atoms in total. The molecule has 7 heteroatoms. The van der Waals surface area contributed by atoms with Crippen molar-refractivity contribution in [1.29, 1.82) is 0 Å². The number of aromatic carboxylic acids is 1. The Hall–Kier alpha value is -3.71. The van der Waals surface area contributed by atoms with Gasteiger partial charge in [-0.3, -0.25) is 9.59 Å². The third-order valence-electron chi connectivity index (χ3n) is 4.08. The van der Waals surface area contributed by atoms with Gasteiger partial charge in [-0.15, -0.1) is 0 Å². The van der Waals surface area contributed by atoms with Gasteiger partial charge in [-0.05, 0) is 54.1 Å². The minimum absolute atomic E-state index is 0.0230. The molecule has 0 aliphatic heterocycles. The molecule has 3 aromatic rings. The number of benzene rings is 3. The third-order valence-corrected chi connectivity index (χ3v) is 4.61. The molecule has 0 atom stereocenters. The Morgan fingerprint density at radius 3 is 2.20 bits per heavy atom. The molecule has 3 N–H and O–H groups in total. The second-order valence-corrected chi connectivity index (χ2v) is 7.19. The quantitative estimate of drug-likeness (QED) is 0.466. The van der Waals surface area contributed by atoms with Crippen LogP contribution in [0.4, 0.5) is 5.69 Å². The number of amides is 2. The summed E-state index contributed by atoms with van der Waals surface area (Å²) in [5, 5.41) is 14.4. The van der Waals surface area contributed by atoms with Crippen LogP contribution in [0.5, 0.6) is 0 Å². The second kappa shape index (κ2) is 9.67. The number of rotatable bonds is 6. The maximum Gasteiger partial charge on any atom is 0.335 e. The normalized spacial score (nSPS) is 10.9. The molecular formula is C23H17BrN2O4. The Bertz CT molecular complexity index is 1110. The topological polar surface area (TPSA) is 95.5 Å². The van der Waals surface area contributed by atoms with Crippen LogP contribution in [0.15, 0.2) is 89.0 Å². The highest BCUT2D eigenvalue weighted by Crippen LogP contribution is 2.14. The summed E-state index contributed by atoms with van der Waals surface area (Å²) in [6.45, 7) is 0. The molecule has 0 saturated carbocycles. The molecular weight excluding hydrogens is 448 g/mol. The van der Waals surface area contributed by atoms with E-state index in [1.807, 2.05) is 18.2 Å². The number of halogens is 1. The van der Waals surface area contributed by atoms with Crippen molar-refractivity contribution in [3.63, 3.8) is 0 Å². The summed E-state index contributed by atoms with van der Waals surface area (Å²) >= 11 is 3.32. The molecule has 150 valence electrons. The largest absolute Gasteiger partial charge is 0.478 e. The fourth-order valence-electron chi connectivity index (χ4n) is 2.60. The first kappa shape index (κ1) is 21.0. The highest BCUT2D eigenvalue weighted by molar-refractivity contribution is 9.10. The van der Waals surface area contributed by atoms with Gasteiger partial charge in [-0.1, -0.05) is 52.3 Å². The number of carboxylic acids is 1. The third kappa shape index (κ3) is 5.65. The van der Waals surface area contributed by atoms with Crippen molar-refractivity contribution in [2.24, 2.45) is 0 Å². The van der Waals surface area contributed by atoms with E-state index >= 15 is 0 Å². The van der Waals surface area contributed by atoms with Crippen LogP contribution in [-0.2, 0) is 4.79 Å². The fraction of sp³-hybridized carbons (Fsp3) is 0. The highest BCUT2D eigenvalue weighted by atomic mass is 79.9. The summed E-state index contributed by atoms with van der Waals surface area (Å²) in [6, 6.07) is 21.7. The summed E-state index contributed by atoms with van der Waals surface area (Å²) < 4.78 is 0.829. The Balaban J connectivity index is 1.87. The number of nitrogens with one attached hydrogen (secondary N) is 2. The lowest BCUT2D eigenvalue weighted by atomic mass is 10.1. The first-order chi connectivity index (χ1) is 14.4. The summed E-state index contributed by atoms with van der Waals surface area (Å²) in [4.78, 5) is 36.7. The number of hydrogen-bond acceptors (Lipinski definition) is 3. The predicted molar refractivity (Wildman–Crippen MR) is 118 cm³/mol. The minimum atomic E-state index is -1.10. The molecule has 2 amide bonds. The van der Waals surface area contributed by atoms with E-state index in [2.05, 4.69) is 26.6 Å². The van der Waals surface area contributed by atoms with Crippen LogP contribution < -0.4 is 10.6 Å². The van der Waals surface area contributed by atoms with Crippen LogP contribution in [0, 0.1) is 0 Å². The van der Waals surface area contributed by atoms with Gasteiger partial charge < -0.3 is 15.7 Å². The van der Waals surface area contributed by atoms with Crippen molar-refractivity contribution in [3.8, 4) is 0 Å². The monoisotopic (exact) mass is 464 g/mol. The molecule has 3 aromatic carbocycles. The van der Waals surface area contributed by atoms with E-state index in [1.165, 1.54) is 18.2 Å². The SMILES string of the molecule is O=C(Nc1cccc(C(=O)O)c1)/C(=C/c1ccccc1)NC(=O)c1ccc(Br)cc1. The Morgan fingerprint density at radius 2 is 1.53 bits per heavy atom. The molecule has 0 aliphatic rings. The number of carboxylic acid groups (broad SMARTS) is 1. The van der Waals surface area contributed by atoms with E-state index in [0.717, 1.165) is 10.0 Å². The zero-order valence-electron chi connectivity index (χ0n) is 15.6. The van der Waals surface area contributed by atoms with Crippen LogP contribution in [0.1, 0.15) is 26.3 Å². The summed E-state index contributed by atoms with van der Waals surface area (Å²) in [6.07, 6.45) is 1.55. The lowest BCUT2D eigenvalue weighted by molar-refractivity contribution is -0.113. The zero-order valence-corrected chi connectivity index (χ0v) is 17.2. The van der Waals surface area contributed by atoms with Crippen molar-refractivity contribution in [2.45, 2.75) is 0 Å². The Labute approximate surface area is 181 Å². The van der Waals surface area contributed by atoms with Crippen molar-refractivity contribution >= 4 is 45.5 Å². The first-order valence-corrected chi connectivity index (χ1v) is 9.70. The summed E-state index contributed by atoms with van der Waals surface area (Å²) in [5.74, 6) is -2.12.